The van der Waals surface area contributed by atoms with Gasteiger partial charge >= 0.3 is 0 Å². The van der Waals surface area contributed by atoms with Crippen molar-refractivity contribution in [3.05, 3.63) is 65.7 Å². The Morgan fingerprint density at radius 3 is 2.28 bits per heavy atom. The van der Waals surface area contributed by atoms with E-state index in [0.29, 0.717) is 6.42 Å². The molecule has 1 N–H and O–H groups in total. The zero-order valence-corrected chi connectivity index (χ0v) is 15.1. The van der Waals surface area contributed by atoms with Crippen LogP contribution in [-0.4, -0.2) is 48.9 Å². The Kier molecular flexibility index (Phi) is 5.71. The summed E-state index contributed by atoms with van der Waals surface area (Å²) in [6.07, 6.45) is 0.484. The number of benzene rings is 2. The molecule has 0 aliphatic carbocycles. The molecule has 2 aromatic rings. The van der Waals surface area contributed by atoms with Crippen molar-refractivity contribution in [1.29, 1.82) is 0 Å². The Morgan fingerprint density at radius 1 is 1.00 bits per heavy atom. The normalized spacial score (nSPS) is 16.5. The summed E-state index contributed by atoms with van der Waals surface area (Å²) in [5.74, 6) is 0.228. The number of hydrogen-bond donors (Lipinski definition) is 1. The molecule has 0 radical (unpaired) electrons. The van der Waals surface area contributed by atoms with Crippen LogP contribution in [0.5, 0.6) is 0 Å². The second kappa shape index (κ2) is 8.17. The second-order valence-corrected chi connectivity index (χ2v) is 6.83. The fourth-order valence-electron chi connectivity index (χ4n) is 3.14. The van der Waals surface area contributed by atoms with Gasteiger partial charge in [0.15, 0.2) is 0 Å². The molecule has 132 valence electrons. The first-order chi connectivity index (χ1) is 12.1. The smallest absolute Gasteiger partial charge is 0.227 e. The van der Waals surface area contributed by atoms with Gasteiger partial charge in [-0.2, -0.15) is 0 Å². The Labute approximate surface area is 150 Å². The summed E-state index contributed by atoms with van der Waals surface area (Å²) in [5, 5.41) is 3.51. The summed E-state index contributed by atoms with van der Waals surface area (Å²) in [6, 6.07) is 18.9. The van der Waals surface area contributed by atoms with Gasteiger partial charge in [-0.05, 0) is 37.2 Å². The quantitative estimate of drug-likeness (QED) is 0.910. The van der Waals surface area contributed by atoms with Crippen LogP contribution in [0.3, 0.4) is 0 Å². The Bertz CT molecular complexity index is 676. The average Bonchev–Trinajstić information content (AvgIpc) is 2.64. The molecule has 1 amide bonds. The topological polar surface area (TPSA) is 35.6 Å². The third kappa shape index (κ3) is 4.83. The fourth-order valence-corrected chi connectivity index (χ4v) is 3.14. The maximum Gasteiger partial charge on any atom is 0.227 e. The van der Waals surface area contributed by atoms with Crippen molar-refractivity contribution >= 4 is 11.6 Å². The highest BCUT2D eigenvalue weighted by atomic mass is 16.2. The van der Waals surface area contributed by atoms with Crippen LogP contribution < -0.4 is 5.32 Å². The lowest BCUT2D eigenvalue weighted by atomic mass is 10.1. The van der Waals surface area contributed by atoms with E-state index in [2.05, 4.69) is 60.6 Å². The Morgan fingerprint density at radius 2 is 1.64 bits per heavy atom. The second-order valence-electron chi connectivity index (χ2n) is 6.83. The van der Waals surface area contributed by atoms with E-state index in [1.807, 2.05) is 23.1 Å². The van der Waals surface area contributed by atoms with E-state index in [1.54, 1.807) is 0 Å². The van der Waals surface area contributed by atoms with Gasteiger partial charge in [0.25, 0.3) is 0 Å². The minimum absolute atomic E-state index is 0.228. The number of nitrogens with zero attached hydrogens (tertiary/aromatic N) is 2. The molecule has 1 heterocycles. The predicted molar refractivity (Wildman–Crippen MR) is 103 cm³/mol. The van der Waals surface area contributed by atoms with Gasteiger partial charge in [0, 0.05) is 37.9 Å². The van der Waals surface area contributed by atoms with Gasteiger partial charge in [0.1, 0.15) is 0 Å². The molecule has 1 atom stereocenters. The molecule has 1 saturated heterocycles. The van der Waals surface area contributed by atoms with Gasteiger partial charge in [0.05, 0.1) is 6.42 Å². The zero-order valence-electron chi connectivity index (χ0n) is 15.1. The lowest BCUT2D eigenvalue weighted by molar-refractivity contribution is -0.132. The highest BCUT2D eigenvalue weighted by Gasteiger charge is 2.18. The summed E-state index contributed by atoms with van der Waals surface area (Å²) < 4.78 is 0. The standard InChI is InChI=1S/C21H27N3O/c1-17(19-6-4-3-5-7-19)22-20-10-8-18(9-11-20)16-21(25)24-14-12-23(2)13-15-24/h3-11,17,22H,12-16H2,1-2H3/t17-/m1/s1. The van der Waals surface area contributed by atoms with Crippen LogP contribution in [0, 0.1) is 0 Å². The van der Waals surface area contributed by atoms with Gasteiger partial charge in [-0.3, -0.25) is 4.79 Å². The van der Waals surface area contributed by atoms with Gasteiger partial charge in [-0.25, -0.2) is 0 Å². The number of rotatable bonds is 5. The van der Waals surface area contributed by atoms with Crippen LogP contribution in [0.15, 0.2) is 54.6 Å². The van der Waals surface area contributed by atoms with Crippen molar-refractivity contribution in [3.63, 3.8) is 0 Å². The maximum absolute atomic E-state index is 12.4. The van der Waals surface area contributed by atoms with Crippen molar-refractivity contribution in [3.8, 4) is 0 Å². The minimum Gasteiger partial charge on any atom is -0.379 e. The first-order valence-corrected chi connectivity index (χ1v) is 8.98. The van der Waals surface area contributed by atoms with E-state index in [1.165, 1.54) is 5.56 Å². The van der Waals surface area contributed by atoms with E-state index in [4.69, 9.17) is 0 Å². The van der Waals surface area contributed by atoms with E-state index < -0.39 is 0 Å². The predicted octanol–water partition coefficient (Wildman–Crippen LogP) is 3.18. The molecular weight excluding hydrogens is 310 g/mol. The largest absolute Gasteiger partial charge is 0.379 e. The molecule has 1 aliphatic heterocycles. The van der Waals surface area contributed by atoms with Crippen LogP contribution in [0.2, 0.25) is 0 Å². The summed E-state index contributed by atoms with van der Waals surface area (Å²) >= 11 is 0. The zero-order chi connectivity index (χ0) is 17.6. The molecule has 0 spiro atoms. The molecule has 1 fully saturated rings. The SMILES string of the molecule is C[C@@H](Nc1ccc(CC(=O)N2CCN(C)CC2)cc1)c1ccccc1. The summed E-state index contributed by atoms with van der Waals surface area (Å²) in [5.41, 5.74) is 3.41. The third-order valence-electron chi connectivity index (χ3n) is 4.85. The Hall–Kier alpha value is -2.33. The fraction of sp³-hybridized carbons (Fsp3) is 0.381. The number of nitrogens with one attached hydrogen (secondary N) is 1. The molecular formula is C21H27N3O. The molecule has 4 nitrogen and oxygen atoms in total. The summed E-state index contributed by atoms with van der Waals surface area (Å²) in [7, 11) is 2.10. The highest BCUT2D eigenvalue weighted by molar-refractivity contribution is 5.79. The van der Waals surface area contributed by atoms with E-state index in [0.717, 1.165) is 37.4 Å². The van der Waals surface area contributed by atoms with E-state index in [-0.39, 0.29) is 11.9 Å². The first kappa shape index (κ1) is 17.5. The third-order valence-corrected chi connectivity index (χ3v) is 4.85. The first-order valence-electron chi connectivity index (χ1n) is 8.98. The van der Waals surface area contributed by atoms with Crippen molar-refractivity contribution in [2.45, 2.75) is 19.4 Å². The van der Waals surface area contributed by atoms with Crippen molar-refractivity contribution in [2.75, 3.05) is 38.5 Å². The van der Waals surface area contributed by atoms with Gasteiger partial charge in [-0.15, -0.1) is 0 Å². The van der Waals surface area contributed by atoms with Crippen molar-refractivity contribution < 1.29 is 4.79 Å². The number of anilines is 1. The monoisotopic (exact) mass is 337 g/mol. The maximum atomic E-state index is 12.4. The molecule has 4 heteroatoms. The van der Waals surface area contributed by atoms with E-state index >= 15 is 0 Å². The van der Waals surface area contributed by atoms with Crippen molar-refractivity contribution in [2.24, 2.45) is 0 Å². The van der Waals surface area contributed by atoms with Gasteiger partial charge in [-0.1, -0.05) is 42.5 Å². The number of carbonyl (C=O) groups excluding carboxylic acids is 1. The van der Waals surface area contributed by atoms with Crippen LogP contribution in [0.25, 0.3) is 0 Å². The summed E-state index contributed by atoms with van der Waals surface area (Å²) in [4.78, 5) is 16.7. The molecule has 2 aromatic carbocycles. The number of hydrogen-bond acceptors (Lipinski definition) is 3. The Balaban J connectivity index is 1.54. The molecule has 0 bridgehead atoms. The molecule has 25 heavy (non-hydrogen) atoms. The van der Waals surface area contributed by atoms with Crippen LogP contribution in [0.4, 0.5) is 5.69 Å². The molecule has 0 aromatic heterocycles. The molecule has 3 rings (SSSR count). The number of carbonyl (C=O) groups is 1. The van der Waals surface area contributed by atoms with Crippen LogP contribution in [-0.2, 0) is 11.2 Å². The molecule has 1 aliphatic rings. The molecule has 0 saturated carbocycles. The minimum atomic E-state index is 0.228. The number of piperazine rings is 1. The summed E-state index contributed by atoms with van der Waals surface area (Å²) in [6.45, 7) is 5.76. The van der Waals surface area contributed by atoms with Crippen LogP contribution >= 0.6 is 0 Å². The van der Waals surface area contributed by atoms with Gasteiger partial charge in [0.2, 0.25) is 5.91 Å². The highest BCUT2D eigenvalue weighted by Crippen LogP contribution is 2.19. The van der Waals surface area contributed by atoms with Crippen LogP contribution in [0.1, 0.15) is 24.1 Å². The number of amides is 1. The number of likely N-dealkylation sites (N-methyl/N-ethyl adjacent to an activating group) is 1. The average molecular weight is 337 g/mol. The molecule has 0 unspecified atom stereocenters. The van der Waals surface area contributed by atoms with E-state index in [9.17, 15) is 4.79 Å². The lowest BCUT2D eigenvalue weighted by Crippen LogP contribution is -2.47. The van der Waals surface area contributed by atoms with Crippen molar-refractivity contribution in [1.82, 2.24) is 9.80 Å². The lowest BCUT2D eigenvalue weighted by Gasteiger charge is -2.32. The van der Waals surface area contributed by atoms with Gasteiger partial charge < -0.3 is 15.1 Å².